The van der Waals surface area contributed by atoms with E-state index in [0.29, 0.717) is 11.0 Å². The van der Waals surface area contributed by atoms with Crippen LogP contribution in [0.3, 0.4) is 0 Å². The van der Waals surface area contributed by atoms with Crippen molar-refractivity contribution in [2.24, 2.45) is 0 Å². The average Bonchev–Trinajstić information content (AvgIpc) is 2.69. The maximum atomic E-state index is 6.07. The molecule has 0 bridgehead atoms. The fourth-order valence-corrected chi connectivity index (χ4v) is 2.97. The van der Waals surface area contributed by atoms with Crippen molar-refractivity contribution in [3.63, 3.8) is 0 Å². The van der Waals surface area contributed by atoms with Crippen molar-refractivity contribution in [3.8, 4) is 11.3 Å². The molecule has 3 aromatic rings. The lowest BCUT2D eigenvalue weighted by Crippen LogP contribution is -2.47. The first-order chi connectivity index (χ1) is 12.3. The quantitative estimate of drug-likeness (QED) is 0.715. The third-order valence-electron chi connectivity index (χ3n) is 4.07. The minimum absolute atomic E-state index is 0.631. The van der Waals surface area contributed by atoms with Crippen molar-refractivity contribution in [2.45, 2.75) is 0 Å². The topological polar surface area (TPSA) is 70.9 Å². The smallest absolute Gasteiger partial charge is 0.246 e. The first-order valence-electron chi connectivity index (χ1n) is 8.02. The van der Waals surface area contributed by atoms with Gasteiger partial charge in [0.05, 0.1) is 11.9 Å². The Kier molecular flexibility index (Phi) is 4.39. The van der Waals surface area contributed by atoms with Gasteiger partial charge in [-0.1, -0.05) is 23.7 Å². The van der Waals surface area contributed by atoms with Gasteiger partial charge in [-0.15, -0.1) is 5.10 Å². The van der Waals surface area contributed by atoms with Gasteiger partial charge in [0.25, 0.3) is 0 Å². The fourth-order valence-electron chi connectivity index (χ4n) is 2.78. The van der Waals surface area contributed by atoms with Gasteiger partial charge in [-0.3, -0.25) is 0 Å². The van der Waals surface area contributed by atoms with Gasteiger partial charge in [0.1, 0.15) is 0 Å². The molecule has 0 spiro atoms. The van der Waals surface area contributed by atoms with E-state index in [1.807, 2.05) is 30.3 Å². The molecule has 1 fully saturated rings. The zero-order chi connectivity index (χ0) is 17.1. The van der Waals surface area contributed by atoms with E-state index in [0.717, 1.165) is 43.4 Å². The van der Waals surface area contributed by atoms with Gasteiger partial charge in [0.2, 0.25) is 11.9 Å². The van der Waals surface area contributed by atoms with Crippen molar-refractivity contribution >= 4 is 23.5 Å². The van der Waals surface area contributed by atoms with Gasteiger partial charge in [0, 0.05) is 49.2 Å². The summed E-state index contributed by atoms with van der Waals surface area (Å²) < 4.78 is 0. The zero-order valence-electron chi connectivity index (χ0n) is 13.5. The van der Waals surface area contributed by atoms with Gasteiger partial charge in [-0.05, 0) is 18.2 Å². The molecule has 0 radical (unpaired) electrons. The summed E-state index contributed by atoms with van der Waals surface area (Å²) >= 11 is 6.07. The van der Waals surface area contributed by atoms with Gasteiger partial charge in [0.15, 0.2) is 0 Å². The van der Waals surface area contributed by atoms with Crippen LogP contribution < -0.4 is 9.80 Å². The molecular weight excluding hydrogens is 338 g/mol. The Balaban J connectivity index is 1.49. The second-order valence-electron chi connectivity index (χ2n) is 5.67. The van der Waals surface area contributed by atoms with Gasteiger partial charge < -0.3 is 9.80 Å². The number of anilines is 2. The van der Waals surface area contributed by atoms with Crippen LogP contribution in [-0.2, 0) is 0 Å². The average molecular weight is 354 g/mol. The Morgan fingerprint density at radius 2 is 1.60 bits per heavy atom. The third kappa shape index (κ3) is 3.51. The fraction of sp³-hybridized carbons (Fsp3) is 0.235. The predicted molar refractivity (Wildman–Crippen MR) is 96.7 cm³/mol. The van der Waals surface area contributed by atoms with Crippen LogP contribution in [0.5, 0.6) is 0 Å². The summed E-state index contributed by atoms with van der Waals surface area (Å²) in [6.45, 7) is 3.21. The lowest BCUT2D eigenvalue weighted by atomic mass is 10.2. The van der Waals surface area contributed by atoms with E-state index in [1.165, 1.54) is 0 Å². The highest BCUT2D eigenvalue weighted by Gasteiger charge is 2.21. The molecule has 0 atom stereocenters. The summed E-state index contributed by atoms with van der Waals surface area (Å²) in [5.41, 5.74) is 1.70. The number of hydrogen-bond donors (Lipinski definition) is 0. The van der Waals surface area contributed by atoms with Crippen LogP contribution in [0, 0.1) is 0 Å². The molecule has 2 aromatic heterocycles. The molecule has 25 heavy (non-hydrogen) atoms. The minimum atomic E-state index is 0.631. The number of halogens is 1. The van der Waals surface area contributed by atoms with E-state index in [1.54, 1.807) is 18.6 Å². The Labute approximate surface area is 150 Å². The van der Waals surface area contributed by atoms with Crippen LogP contribution in [0.4, 0.5) is 11.9 Å². The molecule has 3 heterocycles. The van der Waals surface area contributed by atoms with Gasteiger partial charge in [-0.25, -0.2) is 15.0 Å². The minimum Gasteiger partial charge on any atom is -0.337 e. The maximum absolute atomic E-state index is 6.07. The molecule has 0 saturated carbocycles. The number of hydrogen-bond acceptors (Lipinski definition) is 7. The molecular formula is C17H16ClN7. The van der Waals surface area contributed by atoms with Gasteiger partial charge in [-0.2, -0.15) is 5.10 Å². The zero-order valence-corrected chi connectivity index (χ0v) is 14.2. The van der Waals surface area contributed by atoms with Crippen molar-refractivity contribution in [3.05, 3.63) is 53.9 Å². The maximum Gasteiger partial charge on any atom is 0.246 e. The molecule has 1 aliphatic heterocycles. The molecule has 8 heteroatoms. The van der Waals surface area contributed by atoms with Crippen LogP contribution >= 0.6 is 11.6 Å². The van der Waals surface area contributed by atoms with Crippen molar-refractivity contribution in [2.75, 3.05) is 36.0 Å². The second kappa shape index (κ2) is 6.98. The van der Waals surface area contributed by atoms with Crippen LogP contribution in [0.1, 0.15) is 0 Å². The number of piperazine rings is 1. The van der Waals surface area contributed by atoms with E-state index in [4.69, 9.17) is 11.6 Å². The molecule has 126 valence electrons. The summed E-state index contributed by atoms with van der Waals surface area (Å²) in [7, 11) is 0. The highest BCUT2D eigenvalue weighted by molar-refractivity contribution is 6.30. The van der Waals surface area contributed by atoms with Gasteiger partial charge >= 0.3 is 0 Å². The summed E-state index contributed by atoms with van der Waals surface area (Å²) in [4.78, 5) is 17.5. The SMILES string of the molecule is Clc1cccc(-c2cnnc(N3CCN(c4ncccn4)CC3)n2)c1. The largest absolute Gasteiger partial charge is 0.337 e. The number of nitrogens with zero attached hydrogens (tertiary/aromatic N) is 7. The Hall–Kier alpha value is -2.80. The Morgan fingerprint density at radius 3 is 2.32 bits per heavy atom. The van der Waals surface area contributed by atoms with Crippen molar-refractivity contribution < 1.29 is 0 Å². The Morgan fingerprint density at radius 1 is 0.880 bits per heavy atom. The van der Waals surface area contributed by atoms with E-state index < -0.39 is 0 Å². The third-order valence-corrected chi connectivity index (χ3v) is 4.30. The number of benzene rings is 1. The molecule has 4 rings (SSSR count). The van der Waals surface area contributed by atoms with E-state index in [2.05, 4.69) is 34.9 Å². The monoisotopic (exact) mass is 353 g/mol. The lowest BCUT2D eigenvalue weighted by Gasteiger charge is -2.34. The summed E-state index contributed by atoms with van der Waals surface area (Å²) in [6, 6.07) is 9.40. The normalized spacial score (nSPS) is 14.6. The number of aromatic nitrogens is 5. The van der Waals surface area contributed by atoms with Crippen LogP contribution in [0.15, 0.2) is 48.9 Å². The van der Waals surface area contributed by atoms with E-state index >= 15 is 0 Å². The summed E-state index contributed by atoms with van der Waals surface area (Å²) in [6.07, 6.45) is 5.18. The highest BCUT2D eigenvalue weighted by Crippen LogP contribution is 2.22. The molecule has 1 aromatic carbocycles. The molecule has 0 amide bonds. The molecule has 1 aliphatic rings. The first kappa shape index (κ1) is 15.7. The van der Waals surface area contributed by atoms with E-state index in [9.17, 15) is 0 Å². The van der Waals surface area contributed by atoms with Crippen LogP contribution in [0.25, 0.3) is 11.3 Å². The summed E-state index contributed by atoms with van der Waals surface area (Å²) in [5, 5.41) is 8.97. The van der Waals surface area contributed by atoms with Crippen molar-refractivity contribution in [1.29, 1.82) is 0 Å². The summed E-state index contributed by atoms with van der Waals surface area (Å²) in [5.74, 6) is 1.39. The standard InChI is InChI=1S/C17H16ClN7/c18-14-4-1-3-13(11-14)15-12-21-23-17(22-15)25-9-7-24(8-10-25)16-19-5-2-6-20-16/h1-6,11-12H,7-10H2. The molecule has 1 saturated heterocycles. The second-order valence-corrected chi connectivity index (χ2v) is 6.11. The molecule has 0 unspecified atom stereocenters. The lowest BCUT2D eigenvalue weighted by molar-refractivity contribution is 0.624. The van der Waals surface area contributed by atoms with E-state index in [-0.39, 0.29) is 0 Å². The molecule has 0 N–H and O–H groups in total. The Bertz CT molecular complexity index is 850. The predicted octanol–water partition coefficient (Wildman–Crippen LogP) is 2.31. The van der Waals surface area contributed by atoms with Crippen LogP contribution in [0.2, 0.25) is 5.02 Å². The highest BCUT2D eigenvalue weighted by atomic mass is 35.5. The van der Waals surface area contributed by atoms with Crippen molar-refractivity contribution in [1.82, 2.24) is 25.1 Å². The number of rotatable bonds is 3. The molecule has 0 aliphatic carbocycles. The molecule has 7 nitrogen and oxygen atoms in total. The first-order valence-corrected chi connectivity index (χ1v) is 8.40. The van der Waals surface area contributed by atoms with Crippen LogP contribution in [-0.4, -0.2) is 51.3 Å².